The lowest BCUT2D eigenvalue weighted by Crippen LogP contribution is -2.45. The van der Waals surface area contributed by atoms with Crippen molar-refractivity contribution in [1.82, 2.24) is 10.2 Å². The Kier molecular flexibility index (Phi) is 8.03. The summed E-state index contributed by atoms with van der Waals surface area (Å²) >= 11 is 7.98. The number of nitrogens with one attached hydrogen (secondary N) is 1. The Bertz CT molecular complexity index is 527. The van der Waals surface area contributed by atoms with Crippen LogP contribution in [0.25, 0.3) is 0 Å². The number of piperazine rings is 1. The van der Waals surface area contributed by atoms with E-state index in [0.29, 0.717) is 6.04 Å². The van der Waals surface area contributed by atoms with Gasteiger partial charge in [0.05, 0.1) is 6.04 Å². The first-order valence-electron chi connectivity index (χ1n) is 6.58. The van der Waals surface area contributed by atoms with E-state index in [1.54, 1.807) is 0 Å². The monoisotopic (exact) mass is 364 g/mol. The maximum absolute atomic E-state index is 6.16. The third kappa shape index (κ3) is 4.59. The summed E-state index contributed by atoms with van der Waals surface area (Å²) in [6, 6.07) is 12.9. The van der Waals surface area contributed by atoms with Crippen LogP contribution in [0.1, 0.15) is 16.5 Å². The summed E-state index contributed by atoms with van der Waals surface area (Å²) in [6.45, 7) is 4.27. The number of thiophene rings is 1. The van der Waals surface area contributed by atoms with Crippen molar-refractivity contribution in [2.24, 2.45) is 0 Å². The van der Waals surface area contributed by atoms with Gasteiger partial charge in [-0.3, -0.25) is 4.90 Å². The standard InChI is InChI=1S/C15H17ClN2S.2ClH/c16-13-4-1-3-12(11-13)15(14-5-2-10-19-14)18-8-6-17-7-9-18;;/h1-5,10-11,15,17H,6-9H2;2*1H/t15-;;/m1../s1. The molecule has 3 rings (SSSR count). The van der Waals surface area contributed by atoms with E-state index in [9.17, 15) is 0 Å². The van der Waals surface area contributed by atoms with Crippen molar-refractivity contribution < 1.29 is 0 Å². The fourth-order valence-electron chi connectivity index (χ4n) is 2.62. The molecule has 1 atom stereocenters. The van der Waals surface area contributed by atoms with Gasteiger partial charge in [0, 0.05) is 36.1 Å². The molecule has 0 spiro atoms. The average molecular weight is 366 g/mol. The van der Waals surface area contributed by atoms with Crippen LogP contribution in [-0.4, -0.2) is 31.1 Å². The molecule has 0 bridgehead atoms. The lowest BCUT2D eigenvalue weighted by molar-refractivity contribution is 0.200. The van der Waals surface area contributed by atoms with Gasteiger partial charge < -0.3 is 5.32 Å². The summed E-state index contributed by atoms with van der Waals surface area (Å²) in [5, 5.41) is 6.38. The van der Waals surface area contributed by atoms with Gasteiger partial charge in [0.15, 0.2) is 0 Å². The van der Waals surface area contributed by atoms with Crippen molar-refractivity contribution >= 4 is 47.8 Å². The van der Waals surface area contributed by atoms with Crippen LogP contribution in [0.2, 0.25) is 5.02 Å². The van der Waals surface area contributed by atoms with Crippen molar-refractivity contribution in [2.45, 2.75) is 6.04 Å². The van der Waals surface area contributed by atoms with E-state index in [2.05, 4.69) is 39.9 Å². The molecule has 0 radical (unpaired) electrons. The van der Waals surface area contributed by atoms with E-state index in [-0.39, 0.29) is 24.8 Å². The number of nitrogens with zero attached hydrogens (tertiary/aromatic N) is 1. The van der Waals surface area contributed by atoms with E-state index in [4.69, 9.17) is 11.6 Å². The highest BCUT2D eigenvalue weighted by atomic mass is 35.5. The highest BCUT2D eigenvalue weighted by Gasteiger charge is 2.24. The maximum atomic E-state index is 6.16. The van der Waals surface area contributed by atoms with Crippen molar-refractivity contribution in [3.63, 3.8) is 0 Å². The van der Waals surface area contributed by atoms with E-state index >= 15 is 0 Å². The number of benzene rings is 1. The van der Waals surface area contributed by atoms with Gasteiger partial charge in [-0.1, -0.05) is 29.8 Å². The lowest BCUT2D eigenvalue weighted by atomic mass is 10.0. The Morgan fingerprint density at radius 2 is 1.86 bits per heavy atom. The van der Waals surface area contributed by atoms with Crippen LogP contribution in [0.5, 0.6) is 0 Å². The van der Waals surface area contributed by atoms with Gasteiger partial charge in [0.1, 0.15) is 0 Å². The summed E-state index contributed by atoms with van der Waals surface area (Å²) in [5.41, 5.74) is 1.29. The maximum Gasteiger partial charge on any atom is 0.0697 e. The normalized spacial score (nSPS) is 16.6. The first-order chi connectivity index (χ1) is 9.34. The molecule has 0 amide bonds. The van der Waals surface area contributed by atoms with Gasteiger partial charge in [-0.25, -0.2) is 0 Å². The highest BCUT2D eigenvalue weighted by molar-refractivity contribution is 7.10. The molecule has 116 valence electrons. The molecule has 0 aliphatic carbocycles. The van der Waals surface area contributed by atoms with Crippen LogP contribution >= 0.6 is 47.8 Å². The predicted octanol–water partition coefficient (Wildman–Crippen LogP) is 4.24. The third-order valence-electron chi connectivity index (χ3n) is 3.49. The van der Waals surface area contributed by atoms with Crippen molar-refractivity contribution in [3.05, 3.63) is 57.2 Å². The molecule has 6 heteroatoms. The molecule has 1 N–H and O–H groups in total. The SMILES string of the molecule is Cl.Cl.Clc1cccc([C@H](c2cccs2)N2CCNCC2)c1. The minimum Gasteiger partial charge on any atom is -0.314 e. The summed E-state index contributed by atoms with van der Waals surface area (Å²) in [4.78, 5) is 3.93. The second-order valence-electron chi connectivity index (χ2n) is 4.76. The molecule has 0 saturated carbocycles. The van der Waals surface area contributed by atoms with E-state index in [0.717, 1.165) is 31.2 Å². The second kappa shape index (κ2) is 8.99. The predicted molar refractivity (Wildman–Crippen MR) is 96.6 cm³/mol. The summed E-state index contributed by atoms with van der Waals surface area (Å²) < 4.78 is 0. The number of hydrogen-bond donors (Lipinski definition) is 1. The zero-order chi connectivity index (χ0) is 13.1. The molecule has 1 aromatic heterocycles. The Morgan fingerprint density at radius 3 is 2.48 bits per heavy atom. The van der Waals surface area contributed by atoms with Crippen LogP contribution in [-0.2, 0) is 0 Å². The smallest absolute Gasteiger partial charge is 0.0697 e. The Morgan fingerprint density at radius 1 is 1.10 bits per heavy atom. The Labute approximate surface area is 147 Å². The fourth-order valence-corrected chi connectivity index (χ4v) is 3.70. The van der Waals surface area contributed by atoms with Crippen molar-refractivity contribution in [3.8, 4) is 0 Å². The molecule has 1 aromatic carbocycles. The lowest BCUT2D eigenvalue weighted by Gasteiger charge is -2.34. The molecular weight excluding hydrogens is 347 g/mol. The minimum absolute atomic E-state index is 0. The number of hydrogen-bond acceptors (Lipinski definition) is 3. The number of halogens is 3. The molecule has 2 heterocycles. The Balaban J connectivity index is 0.00000110. The van der Waals surface area contributed by atoms with Gasteiger partial charge in [-0.2, -0.15) is 0 Å². The fraction of sp³-hybridized carbons (Fsp3) is 0.333. The summed E-state index contributed by atoms with van der Waals surface area (Å²) in [7, 11) is 0. The van der Waals surface area contributed by atoms with Crippen molar-refractivity contribution in [2.75, 3.05) is 26.2 Å². The number of rotatable bonds is 3. The van der Waals surface area contributed by atoms with Gasteiger partial charge >= 0.3 is 0 Å². The van der Waals surface area contributed by atoms with Crippen molar-refractivity contribution in [1.29, 1.82) is 0 Å². The third-order valence-corrected chi connectivity index (χ3v) is 4.65. The molecule has 1 aliphatic rings. The molecule has 1 saturated heterocycles. The molecule has 0 unspecified atom stereocenters. The van der Waals surface area contributed by atoms with E-state index in [1.165, 1.54) is 10.4 Å². The quantitative estimate of drug-likeness (QED) is 0.875. The first-order valence-corrected chi connectivity index (χ1v) is 7.84. The van der Waals surface area contributed by atoms with Gasteiger partial charge in [0.2, 0.25) is 0 Å². The largest absolute Gasteiger partial charge is 0.314 e. The molecule has 1 fully saturated rings. The summed E-state index contributed by atoms with van der Waals surface area (Å²) in [6.07, 6.45) is 0. The second-order valence-corrected chi connectivity index (χ2v) is 6.17. The van der Waals surface area contributed by atoms with Gasteiger partial charge in [0.25, 0.3) is 0 Å². The van der Waals surface area contributed by atoms with Crippen LogP contribution < -0.4 is 5.32 Å². The van der Waals surface area contributed by atoms with Crippen LogP contribution in [0.3, 0.4) is 0 Å². The first kappa shape index (κ1) is 18.8. The minimum atomic E-state index is 0. The van der Waals surface area contributed by atoms with E-state index in [1.807, 2.05) is 23.5 Å². The van der Waals surface area contributed by atoms with Gasteiger partial charge in [-0.05, 0) is 29.1 Å². The molecule has 21 heavy (non-hydrogen) atoms. The molecule has 2 nitrogen and oxygen atoms in total. The Hall–Kier alpha value is -0.290. The van der Waals surface area contributed by atoms with Crippen LogP contribution in [0, 0.1) is 0 Å². The van der Waals surface area contributed by atoms with Crippen LogP contribution in [0.15, 0.2) is 41.8 Å². The highest BCUT2D eigenvalue weighted by Crippen LogP contribution is 2.32. The molecule has 1 aliphatic heterocycles. The zero-order valence-corrected chi connectivity index (χ0v) is 14.7. The average Bonchev–Trinajstić information content (AvgIpc) is 2.94. The van der Waals surface area contributed by atoms with Gasteiger partial charge in [-0.15, -0.1) is 36.2 Å². The summed E-state index contributed by atoms with van der Waals surface area (Å²) in [5.74, 6) is 0. The molecular formula is C15H19Cl3N2S. The topological polar surface area (TPSA) is 15.3 Å². The zero-order valence-electron chi connectivity index (χ0n) is 11.5. The van der Waals surface area contributed by atoms with E-state index < -0.39 is 0 Å². The van der Waals surface area contributed by atoms with Crippen LogP contribution in [0.4, 0.5) is 0 Å². The molecule has 2 aromatic rings.